The zero-order chi connectivity index (χ0) is 17.2. The van der Waals surface area contributed by atoms with E-state index in [0.29, 0.717) is 10.6 Å². The SMILES string of the molecule is CC(=O)C(C(=O)OC(C)(C)C)C(=S)c1ccc(C)c(Cl)c1Cl. The van der Waals surface area contributed by atoms with Crippen molar-refractivity contribution in [2.75, 3.05) is 0 Å². The average Bonchev–Trinajstić information content (AvgIpc) is 2.33. The van der Waals surface area contributed by atoms with Crippen molar-refractivity contribution in [1.82, 2.24) is 0 Å². The Morgan fingerprint density at radius 3 is 2.18 bits per heavy atom. The number of Topliss-reactive ketones (excluding diaryl/α,β-unsaturated/α-hetero) is 1. The van der Waals surface area contributed by atoms with Crippen molar-refractivity contribution in [1.29, 1.82) is 0 Å². The number of esters is 1. The molecule has 1 aromatic rings. The third kappa shape index (κ3) is 4.51. The van der Waals surface area contributed by atoms with Crippen LogP contribution in [0.15, 0.2) is 12.1 Å². The smallest absolute Gasteiger partial charge is 0.322 e. The number of hydrogen-bond acceptors (Lipinski definition) is 4. The number of rotatable bonds is 4. The first-order valence-corrected chi connectivity index (χ1v) is 7.84. The van der Waals surface area contributed by atoms with Gasteiger partial charge in [-0.15, -0.1) is 0 Å². The molecule has 0 bridgehead atoms. The summed E-state index contributed by atoms with van der Waals surface area (Å²) in [5, 5.41) is 0.592. The summed E-state index contributed by atoms with van der Waals surface area (Å²) < 4.78 is 5.27. The molecule has 0 fully saturated rings. The number of carbonyl (C=O) groups is 2. The lowest BCUT2D eigenvalue weighted by Crippen LogP contribution is -2.36. The molecule has 0 aliphatic heterocycles. The van der Waals surface area contributed by atoms with Crippen LogP contribution in [0.2, 0.25) is 10.0 Å². The average molecular weight is 361 g/mol. The highest BCUT2D eigenvalue weighted by atomic mass is 35.5. The molecule has 1 unspecified atom stereocenters. The number of ketones is 1. The number of ether oxygens (including phenoxy) is 1. The maximum atomic E-state index is 12.3. The quantitative estimate of drug-likeness (QED) is 0.341. The molecule has 3 nitrogen and oxygen atoms in total. The molecule has 1 aromatic carbocycles. The molecule has 1 rings (SSSR count). The number of carbonyl (C=O) groups excluding carboxylic acids is 2. The molecule has 6 heteroatoms. The van der Waals surface area contributed by atoms with Crippen molar-refractivity contribution in [3.05, 3.63) is 33.3 Å². The van der Waals surface area contributed by atoms with Crippen LogP contribution in [0.1, 0.15) is 38.8 Å². The van der Waals surface area contributed by atoms with Crippen LogP contribution in [0, 0.1) is 12.8 Å². The summed E-state index contributed by atoms with van der Waals surface area (Å²) in [6, 6.07) is 3.40. The molecule has 0 amide bonds. The molecule has 0 spiro atoms. The number of thiocarbonyl (C=S) groups is 1. The summed E-state index contributed by atoms with van der Waals surface area (Å²) >= 11 is 17.6. The summed E-state index contributed by atoms with van der Waals surface area (Å²) in [5.74, 6) is -2.25. The first-order valence-electron chi connectivity index (χ1n) is 6.68. The number of benzene rings is 1. The summed E-state index contributed by atoms with van der Waals surface area (Å²) in [5.41, 5.74) is 0.475. The van der Waals surface area contributed by atoms with Crippen molar-refractivity contribution in [3.8, 4) is 0 Å². The van der Waals surface area contributed by atoms with Crippen molar-refractivity contribution < 1.29 is 14.3 Å². The van der Waals surface area contributed by atoms with Gasteiger partial charge in [-0.25, -0.2) is 0 Å². The van der Waals surface area contributed by atoms with Gasteiger partial charge >= 0.3 is 5.97 Å². The molecule has 0 radical (unpaired) electrons. The minimum absolute atomic E-state index is 0.119. The molecule has 120 valence electrons. The first-order chi connectivity index (χ1) is 9.95. The Labute approximate surface area is 145 Å². The van der Waals surface area contributed by atoms with Crippen LogP contribution in [-0.2, 0) is 14.3 Å². The minimum Gasteiger partial charge on any atom is -0.459 e. The van der Waals surface area contributed by atoms with Crippen LogP contribution in [-0.4, -0.2) is 22.2 Å². The van der Waals surface area contributed by atoms with Crippen LogP contribution in [0.3, 0.4) is 0 Å². The van der Waals surface area contributed by atoms with Crippen LogP contribution < -0.4 is 0 Å². The fraction of sp³-hybridized carbons (Fsp3) is 0.438. The van der Waals surface area contributed by atoms with Crippen molar-refractivity contribution >= 4 is 52.0 Å². The van der Waals surface area contributed by atoms with Gasteiger partial charge < -0.3 is 4.74 Å². The number of hydrogen-bond donors (Lipinski definition) is 0. The van der Waals surface area contributed by atoms with Crippen molar-refractivity contribution in [2.24, 2.45) is 5.92 Å². The van der Waals surface area contributed by atoms with Gasteiger partial charge in [-0.05, 0) is 40.2 Å². The highest BCUT2D eigenvalue weighted by molar-refractivity contribution is 7.81. The topological polar surface area (TPSA) is 43.4 Å². The van der Waals surface area contributed by atoms with Gasteiger partial charge in [0.15, 0.2) is 5.92 Å². The summed E-state index contributed by atoms with van der Waals surface area (Å²) in [4.78, 5) is 24.3. The van der Waals surface area contributed by atoms with Gasteiger partial charge in [-0.1, -0.05) is 47.6 Å². The molecular formula is C16H18Cl2O3S. The zero-order valence-corrected chi connectivity index (χ0v) is 15.4. The van der Waals surface area contributed by atoms with E-state index in [2.05, 4.69) is 0 Å². The van der Waals surface area contributed by atoms with E-state index in [0.717, 1.165) is 5.56 Å². The third-order valence-corrected chi connectivity index (χ3v) is 4.28. The molecule has 0 saturated heterocycles. The number of halogens is 2. The fourth-order valence-corrected chi connectivity index (χ4v) is 2.78. The predicted octanol–water partition coefficient (Wildman–Crippen LogP) is 4.57. The van der Waals surface area contributed by atoms with Crippen molar-refractivity contribution in [2.45, 2.75) is 40.2 Å². The van der Waals surface area contributed by atoms with Gasteiger partial charge in [0.1, 0.15) is 11.4 Å². The van der Waals surface area contributed by atoms with E-state index in [9.17, 15) is 9.59 Å². The second kappa shape index (κ2) is 7.07. The Hall–Kier alpha value is -0.970. The van der Waals surface area contributed by atoms with E-state index in [1.165, 1.54) is 6.92 Å². The predicted molar refractivity (Wildman–Crippen MR) is 92.9 cm³/mol. The van der Waals surface area contributed by atoms with Crippen LogP contribution >= 0.6 is 35.4 Å². The van der Waals surface area contributed by atoms with Gasteiger partial charge in [-0.3, -0.25) is 9.59 Å². The van der Waals surface area contributed by atoms with E-state index in [4.69, 9.17) is 40.2 Å². The minimum atomic E-state index is -1.18. The molecule has 0 saturated carbocycles. The Morgan fingerprint density at radius 2 is 1.73 bits per heavy atom. The highest BCUT2D eigenvalue weighted by Gasteiger charge is 2.34. The lowest BCUT2D eigenvalue weighted by atomic mass is 9.94. The first kappa shape index (κ1) is 19.1. The molecule has 0 aromatic heterocycles. The van der Waals surface area contributed by atoms with Crippen molar-refractivity contribution in [3.63, 3.8) is 0 Å². The van der Waals surface area contributed by atoms with Crippen LogP contribution in [0.25, 0.3) is 0 Å². The lowest BCUT2D eigenvalue weighted by molar-refractivity contribution is -0.158. The van der Waals surface area contributed by atoms with Gasteiger partial charge in [0, 0.05) is 10.4 Å². The Morgan fingerprint density at radius 1 is 1.18 bits per heavy atom. The summed E-state index contributed by atoms with van der Waals surface area (Å²) in [7, 11) is 0. The molecule has 0 aliphatic carbocycles. The lowest BCUT2D eigenvalue weighted by Gasteiger charge is -2.23. The monoisotopic (exact) mass is 360 g/mol. The van der Waals surface area contributed by atoms with Crippen LogP contribution in [0.5, 0.6) is 0 Å². The molecule has 0 aliphatic rings. The third-order valence-electron chi connectivity index (χ3n) is 2.85. The number of aryl methyl sites for hydroxylation is 1. The van der Waals surface area contributed by atoms with E-state index in [1.807, 2.05) is 0 Å². The molecule has 0 N–H and O–H groups in total. The van der Waals surface area contributed by atoms with E-state index < -0.39 is 23.3 Å². The molecular weight excluding hydrogens is 343 g/mol. The summed E-state index contributed by atoms with van der Waals surface area (Å²) in [6.45, 7) is 8.27. The van der Waals surface area contributed by atoms with E-state index in [-0.39, 0.29) is 9.89 Å². The van der Waals surface area contributed by atoms with E-state index >= 15 is 0 Å². The van der Waals surface area contributed by atoms with Gasteiger partial charge in [0.25, 0.3) is 0 Å². The van der Waals surface area contributed by atoms with Crippen LogP contribution in [0.4, 0.5) is 0 Å². The molecule has 22 heavy (non-hydrogen) atoms. The summed E-state index contributed by atoms with van der Waals surface area (Å²) in [6.07, 6.45) is 0. The maximum Gasteiger partial charge on any atom is 0.322 e. The van der Waals surface area contributed by atoms with Gasteiger partial charge in [0.2, 0.25) is 0 Å². The van der Waals surface area contributed by atoms with Gasteiger partial charge in [-0.2, -0.15) is 0 Å². The molecule has 0 heterocycles. The highest BCUT2D eigenvalue weighted by Crippen LogP contribution is 2.31. The standard InChI is InChI=1S/C16H18Cl2O3S/c1-8-6-7-10(13(18)12(8)17)14(22)11(9(2)19)15(20)21-16(3,4)5/h6-7,11H,1-5H3. The normalized spacial score (nSPS) is 12.7. The fourth-order valence-electron chi connectivity index (χ4n) is 1.81. The molecule has 1 atom stereocenters. The van der Waals surface area contributed by atoms with E-state index in [1.54, 1.807) is 39.8 Å². The van der Waals surface area contributed by atoms with Gasteiger partial charge in [0.05, 0.1) is 10.0 Å². The second-order valence-electron chi connectivity index (χ2n) is 6.00. The second-order valence-corrected chi connectivity index (χ2v) is 7.20. The maximum absolute atomic E-state index is 12.3. The Balaban J connectivity index is 3.24. The largest absolute Gasteiger partial charge is 0.459 e. The zero-order valence-electron chi connectivity index (χ0n) is 13.1. The Bertz CT molecular complexity index is 633. The Kier molecular flexibility index (Phi) is 6.13.